The van der Waals surface area contributed by atoms with Crippen molar-refractivity contribution < 1.29 is 4.74 Å². The Labute approximate surface area is 135 Å². The highest BCUT2D eigenvalue weighted by atomic mass is 35.5. The Morgan fingerprint density at radius 2 is 1.82 bits per heavy atom. The fourth-order valence-corrected chi connectivity index (χ4v) is 3.00. The van der Waals surface area contributed by atoms with E-state index < -0.39 is 0 Å². The minimum Gasteiger partial charge on any atom is -0.379 e. The van der Waals surface area contributed by atoms with Gasteiger partial charge in [0, 0.05) is 24.3 Å². The lowest BCUT2D eigenvalue weighted by Gasteiger charge is -2.37. The predicted molar refractivity (Wildman–Crippen MR) is 87.8 cm³/mol. The van der Waals surface area contributed by atoms with Crippen molar-refractivity contribution in [2.75, 3.05) is 26.3 Å². The molecule has 2 unspecified atom stereocenters. The average Bonchev–Trinajstić information content (AvgIpc) is 2.57. The predicted octanol–water partition coefficient (Wildman–Crippen LogP) is 2.81. The maximum Gasteiger partial charge on any atom is 0.0717 e. The first-order valence-electron chi connectivity index (χ1n) is 7.49. The molecular formula is C17H20ClN3O. The number of rotatable bonds is 4. The third kappa shape index (κ3) is 3.47. The molecule has 4 nitrogen and oxygen atoms in total. The summed E-state index contributed by atoms with van der Waals surface area (Å²) >= 11 is 5.98. The van der Waals surface area contributed by atoms with Crippen molar-refractivity contribution in [3.8, 4) is 0 Å². The fraction of sp³-hybridized carbons (Fsp3) is 0.353. The molecule has 0 amide bonds. The number of hydrogen-bond donors (Lipinski definition) is 1. The number of nitrogens with two attached hydrogens (primary N) is 1. The van der Waals surface area contributed by atoms with Crippen molar-refractivity contribution in [2.45, 2.75) is 12.1 Å². The van der Waals surface area contributed by atoms with Crippen LogP contribution in [0.1, 0.15) is 23.3 Å². The van der Waals surface area contributed by atoms with Crippen LogP contribution < -0.4 is 5.73 Å². The summed E-state index contributed by atoms with van der Waals surface area (Å²) in [5, 5.41) is 0.719. The van der Waals surface area contributed by atoms with Gasteiger partial charge in [-0.25, -0.2) is 0 Å². The molecule has 1 aromatic carbocycles. The van der Waals surface area contributed by atoms with Gasteiger partial charge in [0.2, 0.25) is 0 Å². The highest BCUT2D eigenvalue weighted by Crippen LogP contribution is 2.32. The van der Waals surface area contributed by atoms with Crippen molar-refractivity contribution in [2.24, 2.45) is 5.73 Å². The molecule has 1 aliphatic heterocycles. The van der Waals surface area contributed by atoms with Crippen LogP contribution in [-0.4, -0.2) is 36.2 Å². The average molecular weight is 318 g/mol. The molecule has 0 saturated carbocycles. The summed E-state index contributed by atoms with van der Waals surface area (Å²) in [5.41, 5.74) is 8.64. The van der Waals surface area contributed by atoms with Gasteiger partial charge in [0.1, 0.15) is 0 Å². The third-order valence-electron chi connectivity index (χ3n) is 4.02. The van der Waals surface area contributed by atoms with Crippen LogP contribution in [0.3, 0.4) is 0 Å². The lowest BCUT2D eigenvalue weighted by molar-refractivity contribution is 0.00917. The summed E-state index contributed by atoms with van der Waals surface area (Å²) in [6, 6.07) is 13.6. The van der Waals surface area contributed by atoms with Gasteiger partial charge in [0.05, 0.1) is 31.0 Å². The van der Waals surface area contributed by atoms with E-state index in [9.17, 15) is 0 Å². The van der Waals surface area contributed by atoms with Crippen LogP contribution in [0.2, 0.25) is 5.02 Å². The van der Waals surface area contributed by atoms with E-state index in [0.717, 1.165) is 42.6 Å². The van der Waals surface area contributed by atoms with Crippen LogP contribution in [-0.2, 0) is 4.74 Å². The van der Waals surface area contributed by atoms with Gasteiger partial charge in [-0.3, -0.25) is 9.88 Å². The van der Waals surface area contributed by atoms with E-state index in [1.165, 1.54) is 0 Å². The lowest BCUT2D eigenvalue weighted by atomic mass is 9.95. The number of hydrogen-bond acceptors (Lipinski definition) is 4. The maximum atomic E-state index is 6.59. The molecule has 22 heavy (non-hydrogen) atoms. The smallest absolute Gasteiger partial charge is 0.0717 e. The van der Waals surface area contributed by atoms with Crippen molar-refractivity contribution in [1.82, 2.24) is 9.88 Å². The summed E-state index contributed by atoms with van der Waals surface area (Å²) in [6.45, 7) is 3.19. The molecule has 2 N–H and O–H groups in total. The summed E-state index contributed by atoms with van der Waals surface area (Å²) in [5.74, 6) is 0. The summed E-state index contributed by atoms with van der Waals surface area (Å²) in [4.78, 5) is 6.88. The SMILES string of the molecule is NC(c1ccc(Cl)cc1)C(c1ccccn1)N1CCOCC1. The molecular weight excluding hydrogens is 298 g/mol. The molecule has 1 aliphatic rings. The molecule has 5 heteroatoms. The quantitative estimate of drug-likeness (QED) is 0.942. The van der Waals surface area contributed by atoms with Crippen molar-refractivity contribution in [3.05, 3.63) is 64.9 Å². The topological polar surface area (TPSA) is 51.4 Å². The van der Waals surface area contributed by atoms with Gasteiger partial charge in [-0.15, -0.1) is 0 Å². The van der Waals surface area contributed by atoms with Gasteiger partial charge in [-0.05, 0) is 29.8 Å². The monoisotopic (exact) mass is 317 g/mol. The van der Waals surface area contributed by atoms with E-state index in [-0.39, 0.29) is 12.1 Å². The van der Waals surface area contributed by atoms with Crippen molar-refractivity contribution in [3.63, 3.8) is 0 Å². The van der Waals surface area contributed by atoms with Crippen LogP contribution in [0.5, 0.6) is 0 Å². The molecule has 0 bridgehead atoms. The van der Waals surface area contributed by atoms with Crippen molar-refractivity contribution >= 4 is 11.6 Å². The second kappa shape index (κ2) is 7.20. The largest absolute Gasteiger partial charge is 0.379 e. The minimum absolute atomic E-state index is 0.0336. The van der Waals surface area contributed by atoms with E-state index in [2.05, 4.69) is 9.88 Å². The third-order valence-corrected chi connectivity index (χ3v) is 4.28. The molecule has 3 rings (SSSR count). The number of halogens is 1. The van der Waals surface area contributed by atoms with E-state index in [1.54, 1.807) is 0 Å². The molecule has 1 saturated heterocycles. The van der Waals surface area contributed by atoms with E-state index >= 15 is 0 Å². The summed E-state index contributed by atoms with van der Waals surface area (Å²) in [7, 11) is 0. The molecule has 0 radical (unpaired) electrons. The highest BCUT2D eigenvalue weighted by Gasteiger charge is 2.29. The second-order valence-corrected chi connectivity index (χ2v) is 5.86. The molecule has 2 atom stereocenters. The van der Waals surface area contributed by atoms with E-state index in [0.29, 0.717) is 0 Å². The molecule has 2 aromatic rings. The minimum atomic E-state index is -0.162. The highest BCUT2D eigenvalue weighted by molar-refractivity contribution is 6.30. The number of pyridine rings is 1. The van der Waals surface area contributed by atoms with Gasteiger partial charge in [-0.2, -0.15) is 0 Å². The first-order valence-corrected chi connectivity index (χ1v) is 7.87. The second-order valence-electron chi connectivity index (χ2n) is 5.43. The van der Waals surface area contributed by atoms with Gasteiger partial charge < -0.3 is 10.5 Å². The Kier molecular flexibility index (Phi) is 5.05. The molecule has 116 valence electrons. The number of ether oxygens (including phenoxy) is 1. The van der Waals surface area contributed by atoms with Crippen LogP contribution in [0.15, 0.2) is 48.7 Å². The summed E-state index contributed by atoms with van der Waals surface area (Å²) in [6.07, 6.45) is 1.82. The van der Waals surface area contributed by atoms with Crippen LogP contribution in [0, 0.1) is 0 Å². The molecule has 1 aromatic heterocycles. The first kappa shape index (κ1) is 15.4. The lowest BCUT2D eigenvalue weighted by Crippen LogP contribution is -2.43. The van der Waals surface area contributed by atoms with E-state index in [1.807, 2.05) is 48.7 Å². The van der Waals surface area contributed by atoms with Crippen LogP contribution in [0.25, 0.3) is 0 Å². The molecule has 2 heterocycles. The molecule has 1 fully saturated rings. The van der Waals surface area contributed by atoms with Crippen LogP contribution in [0.4, 0.5) is 0 Å². The zero-order valence-corrected chi connectivity index (χ0v) is 13.1. The fourth-order valence-electron chi connectivity index (χ4n) is 2.87. The summed E-state index contributed by atoms with van der Waals surface area (Å²) < 4.78 is 5.47. The van der Waals surface area contributed by atoms with Gasteiger partial charge in [-0.1, -0.05) is 29.8 Å². The van der Waals surface area contributed by atoms with Crippen LogP contribution >= 0.6 is 11.6 Å². The zero-order chi connectivity index (χ0) is 15.4. The Morgan fingerprint density at radius 3 is 2.45 bits per heavy atom. The molecule has 0 spiro atoms. The number of benzene rings is 1. The number of nitrogens with zero attached hydrogens (tertiary/aromatic N) is 2. The standard InChI is InChI=1S/C17H20ClN3O/c18-14-6-4-13(5-7-14)16(19)17(15-3-1-2-8-20-15)21-9-11-22-12-10-21/h1-8,16-17H,9-12,19H2. The molecule has 0 aliphatic carbocycles. The van der Waals surface area contributed by atoms with E-state index in [4.69, 9.17) is 22.1 Å². The first-order chi connectivity index (χ1) is 10.8. The van der Waals surface area contributed by atoms with Gasteiger partial charge in [0.15, 0.2) is 0 Å². The Morgan fingerprint density at radius 1 is 1.09 bits per heavy atom. The number of aromatic nitrogens is 1. The normalized spacial score (nSPS) is 18.8. The van der Waals surface area contributed by atoms with Crippen molar-refractivity contribution in [1.29, 1.82) is 0 Å². The van der Waals surface area contributed by atoms with Gasteiger partial charge >= 0.3 is 0 Å². The Bertz CT molecular complexity index is 585. The number of morpholine rings is 1. The Hall–Kier alpha value is -1.46. The Balaban J connectivity index is 1.91. The van der Waals surface area contributed by atoms with Gasteiger partial charge in [0.25, 0.3) is 0 Å². The maximum absolute atomic E-state index is 6.59. The zero-order valence-electron chi connectivity index (χ0n) is 12.4.